The lowest BCUT2D eigenvalue weighted by Gasteiger charge is -2.12. The van der Waals surface area contributed by atoms with Crippen LogP contribution in [0.15, 0.2) is 12.7 Å². The van der Waals surface area contributed by atoms with Crippen LogP contribution < -0.4 is 0 Å². The molecule has 3 heteroatoms. The minimum Gasteiger partial charge on any atom is -0.457 e. The van der Waals surface area contributed by atoms with Crippen molar-refractivity contribution in [3.63, 3.8) is 0 Å². The van der Waals surface area contributed by atoms with Gasteiger partial charge in [0.05, 0.1) is 6.61 Å². The lowest BCUT2D eigenvalue weighted by atomic mass is 10.1. The summed E-state index contributed by atoms with van der Waals surface area (Å²) in [7, 11) is 0. The van der Waals surface area contributed by atoms with Gasteiger partial charge in [-0.25, -0.2) is 4.79 Å². The molecule has 0 aliphatic rings. The first kappa shape index (κ1) is 18.2. The summed E-state index contributed by atoms with van der Waals surface area (Å²) in [6.45, 7) is 8.65. The van der Waals surface area contributed by atoms with E-state index in [2.05, 4.69) is 13.5 Å². The fraction of sp³-hybridized carbons (Fsp3) is 0.812. The highest BCUT2D eigenvalue weighted by molar-refractivity contribution is 5.81. The molecule has 0 bridgehead atoms. The van der Waals surface area contributed by atoms with Gasteiger partial charge >= 0.3 is 5.97 Å². The van der Waals surface area contributed by atoms with Crippen LogP contribution >= 0.6 is 0 Å². The molecule has 0 aliphatic carbocycles. The van der Waals surface area contributed by atoms with Gasteiger partial charge in [0.2, 0.25) is 0 Å². The summed E-state index contributed by atoms with van der Waals surface area (Å²) < 4.78 is 10.5. The smallest absolute Gasteiger partial charge is 0.330 e. The lowest BCUT2D eigenvalue weighted by Crippen LogP contribution is -2.19. The Balaban J connectivity index is 3.18. The molecule has 0 saturated carbocycles. The molecule has 0 aliphatic heterocycles. The topological polar surface area (TPSA) is 35.5 Å². The molecule has 0 heterocycles. The highest BCUT2D eigenvalue weighted by atomic mass is 16.6. The van der Waals surface area contributed by atoms with Crippen molar-refractivity contribution in [3.8, 4) is 0 Å². The zero-order valence-corrected chi connectivity index (χ0v) is 12.7. The third-order valence-corrected chi connectivity index (χ3v) is 2.98. The van der Waals surface area contributed by atoms with Gasteiger partial charge in [-0.1, -0.05) is 58.4 Å². The van der Waals surface area contributed by atoms with Gasteiger partial charge in [-0.15, -0.1) is 0 Å². The molecule has 0 aromatic heterocycles. The molecule has 0 aromatic carbocycles. The Labute approximate surface area is 118 Å². The molecular weight excluding hydrogens is 240 g/mol. The van der Waals surface area contributed by atoms with E-state index in [1.54, 1.807) is 0 Å². The fourth-order valence-corrected chi connectivity index (χ4v) is 1.87. The van der Waals surface area contributed by atoms with Crippen molar-refractivity contribution in [3.05, 3.63) is 12.7 Å². The fourth-order valence-electron chi connectivity index (χ4n) is 1.87. The number of ether oxygens (including phenoxy) is 2. The Hall–Kier alpha value is -0.830. The number of carbonyl (C=O) groups excluding carboxylic acids is 1. The molecule has 0 aromatic rings. The van der Waals surface area contributed by atoms with Crippen LogP contribution in [0, 0.1) is 0 Å². The van der Waals surface area contributed by atoms with Gasteiger partial charge in [0.25, 0.3) is 0 Å². The van der Waals surface area contributed by atoms with E-state index in [1.165, 1.54) is 51.0 Å². The third kappa shape index (κ3) is 13.4. The van der Waals surface area contributed by atoms with Crippen molar-refractivity contribution in [2.45, 2.75) is 71.3 Å². The second kappa shape index (κ2) is 13.6. The van der Waals surface area contributed by atoms with Gasteiger partial charge in [-0.2, -0.15) is 0 Å². The van der Waals surface area contributed by atoms with E-state index in [0.717, 1.165) is 13.0 Å². The van der Waals surface area contributed by atoms with Crippen LogP contribution in [0.3, 0.4) is 0 Å². The minimum absolute atomic E-state index is 0.195. The van der Waals surface area contributed by atoms with Crippen molar-refractivity contribution in [1.82, 2.24) is 0 Å². The van der Waals surface area contributed by atoms with E-state index in [9.17, 15) is 4.79 Å². The summed E-state index contributed by atoms with van der Waals surface area (Å²) in [5, 5.41) is 0. The predicted molar refractivity (Wildman–Crippen MR) is 79.2 cm³/mol. The molecule has 1 atom stereocenters. The molecule has 0 saturated heterocycles. The van der Waals surface area contributed by atoms with Gasteiger partial charge in [-0.3, -0.25) is 0 Å². The SMILES string of the molecule is C=CC(=O)OC(C)COCCCCCCCCCC. The highest BCUT2D eigenvalue weighted by Crippen LogP contribution is 2.08. The van der Waals surface area contributed by atoms with Crippen molar-refractivity contribution in [2.75, 3.05) is 13.2 Å². The first-order valence-corrected chi connectivity index (χ1v) is 7.61. The van der Waals surface area contributed by atoms with Crippen LogP contribution in [0.2, 0.25) is 0 Å². The Bertz CT molecular complexity index is 226. The highest BCUT2D eigenvalue weighted by Gasteiger charge is 2.05. The molecule has 0 N–H and O–H groups in total. The third-order valence-electron chi connectivity index (χ3n) is 2.98. The van der Waals surface area contributed by atoms with Crippen molar-refractivity contribution >= 4 is 5.97 Å². The van der Waals surface area contributed by atoms with Crippen molar-refractivity contribution in [2.24, 2.45) is 0 Å². The van der Waals surface area contributed by atoms with E-state index in [-0.39, 0.29) is 12.1 Å². The number of unbranched alkanes of at least 4 members (excludes halogenated alkanes) is 7. The number of hydrogen-bond donors (Lipinski definition) is 0. The molecule has 0 rings (SSSR count). The summed E-state index contributed by atoms with van der Waals surface area (Å²) in [5.41, 5.74) is 0. The lowest BCUT2D eigenvalue weighted by molar-refractivity contribution is -0.144. The van der Waals surface area contributed by atoms with Gasteiger partial charge in [0, 0.05) is 12.7 Å². The van der Waals surface area contributed by atoms with Gasteiger partial charge in [0.1, 0.15) is 6.10 Å². The quantitative estimate of drug-likeness (QED) is 0.285. The van der Waals surface area contributed by atoms with E-state index in [1.807, 2.05) is 6.92 Å². The minimum atomic E-state index is -0.386. The first-order valence-electron chi connectivity index (χ1n) is 7.61. The van der Waals surface area contributed by atoms with Crippen LogP contribution in [0.5, 0.6) is 0 Å². The Morgan fingerprint density at radius 3 is 2.26 bits per heavy atom. The molecule has 0 radical (unpaired) electrons. The molecular formula is C16H30O3. The molecule has 3 nitrogen and oxygen atoms in total. The van der Waals surface area contributed by atoms with Crippen molar-refractivity contribution in [1.29, 1.82) is 0 Å². The number of carbonyl (C=O) groups is 1. The van der Waals surface area contributed by atoms with Crippen LogP contribution in [-0.4, -0.2) is 25.3 Å². The summed E-state index contributed by atoms with van der Waals surface area (Å²) in [6.07, 6.45) is 11.4. The van der Waals surface area contributed by atoms with E-state index in [0.29, 0.717) is 6.61 Å². The second-order valence-corrected chi connectivity index (χ2v) is 5.00. The van der Waals surface area contributed by atoms with Crippen LogP contribution in [0.25, 0.3) is 0 Å². The molecule has 0 fully saturated rings. The predicted octanol–water partition coefficient (Wildman–Crippen LogP) is 4.26. The zero-order valence-electron chi connectivity index (χ0n) is 12.7. The zero-order chi connectivity index (χ0) is 14.3. The van der Waals surface area contributed by atoms with Crippen LogP contribution in [0.1, 0.15) is 65.2 Å². The monoisotopic (exact) mass is 270 g/mol. The van der Waals surface area contributed by atoms with E-state index in [4.69, 9.17) is 9.47 Å². The molecule has 19 heavy (non-hydrogen) atoms. The summed E-state index contributed by atoms with van der Waals surface area (Å²) in [6, 6.07) is 0. The average molecular weight is 270 g/mol. The maximum atomic E-state index is 10.9. The summed E-state index contributed by atoms with van der Waals surface area (Å²) >= 11 is 0. The van der Waals surface area contributed by atoms with Gasteiger partial charge in [-0.05, 0) is 13.3 Å². The Morgan fingerprint density at radius 1 is 1.11 bits per heavy atom. The van der Waals surface area contributed by atoms with Crippen LogP contribution in [0.4, 0.5) is 0 Å². The summed E-state index contributed by atoms with van der Waals surface area (Å²) in [4.78, 5) is 10.9. The van der Waals surface area contributed by atoms with E-state index >= 15 is 0 Å². The number of esters is 1. The average Bonchev–Trinajstić information content (AvgIpc) is 2.40. The molecule has 112 valence electrons. The molecule has 0 amide bonds. The molecule has 0 spiro atoms. The van der Waals surface area contributed by atoms with Gasteiger partial charge in [0.15, 0.2) is 0 Å². The van der Waals surface area contributed by atoms with Gasteiger partial charge < -0.3 is 9.47 Å². The maximum absolute atomic E-state index is 10.9. The number of hydrogen-bond acceptors (Lipinski definition) is 3. The maximum Gasteiger partial charge on any atom is 0.330 e. The van der Waals surface area contributed by atoms with Crippen LogP contribution in [-0.2, 0) is 14.3 Å². The molecule has 1 unspecified atom stereocenters. The first-order chi connectivity index (χ1) is 9.20. The largest absolute Gasteiger partial charge is 0.457 e. The normalized spacial score (nSPS) is 12.1. The van der Waals surface area contributed by atoms with E-state index < -0.39 is 0 Å². The second-order valence-electron chi connectivity index (χ2n) is 5.00. The standard InChI is InChI=1S/C16H30O3/c1-4-6-7-8-9-10-11-12-13-18-14-15(3)19-16(17)5-2/h5,15H,2,4,6-14H2,1,3H3. The van der Waals surface area contributed by atoms with Crippen molar-refractivity contribution < 1.29 is 14.3 Å². The Kier molecular flexibility index (Phi) is 13.0. The summed E-state index contributed by atoms with van der Waals surface area (Å²) in [5.74, 6) is -0.386. The number of rotatable bonds is 13. The Morgan fingerprint density at radius 2 is 1.68 bits per heavy atom.